The molecule has 0 radical (unpaired) electrons. The molecule has 2 N–H and O–H groups in total. The molecule has 1 aliphatic rings. The molecule has 0 aromatic carbocycles. The summed E-state index contributed by atoms with van der Waals surface area (Å²) in [6.07, 6.45) is 12.5. The summed E-state index contributed by atoms with van der Waals surface area (Å²) in [5.74, 6) is 0. The van der Waals surface area contributed by atoms with Gasteiger partial charge in [-0.15, -0.1) is 0 Å². The monoisotopic (exact) mass is 327 g/mol. The van der Waals surface area contributed by atoms with E-state index in [-0.39, 0.29) is 6.03 Å². The van der Waals surface area contributed by atoms with Gasteiger partial charge in [-0.1, -0.05) is 25.7 Å². The first-order valence-corrected chi connectivity index (χ1v) is 8.69. The standard InChI is InChI=1S/C18H25N5O/c1-23-17(8-9-21-23)15-10-14(11-19-13-15)12-20-18(24)22-16-6-4-2-3-5-7-16/h8-11,13,16H,2-7,12H2,1H3,(H2,20,22,24). The lowest BCUT2D eigenvalue weighted by Crippen LogP contribution is -2.41. The first-order valence-electron chi connectivity index (χ1n) is 8.69. The highest BCUT2D eigenvalue weighted by Crippen LogP contribution is 2.18. The molecule has 3 rings (SSSR count). The molecule has 6 heteroatoms. The minimum absolute atomic E-state index is 0.0900. The number of pyridine rings is 1. The van der Waals surface area contributed by atoms with E-state index in [0.717, 1.165) is 29.7 Å². The zero-order valence-corrected chi connectivity index (χ0v) is 14.2. The Kier molecular flexibility index (Phi) is 5.46. The molecule has 0 spiro atoms. The van der Waals surface area contributed by atoms with E-state index in [9.17, 15) is 4.79 Å². The summed E-state index contributed by atoms with van der Waals surface area (Å²) in [4.78, 5) is 16.4. The number of carbonyl (C=O) groups is 1. The topological polar surface area (TPSA) is 71.8 Å². The van der Waals surface area contributed by atoms with Gasteiger partial charge in [0.2, 0.25) is 0 Å². The zero-order chi connectivity index (χ0) is 16.8. The van der Waals surface area contributed by atoms with Gasteiger partial charge >= 0.3 is 6.03 Å². The van der Waals surface area contributed by atoms with Crippen LogP contribution in [0.1, 0.15) is 44.1 Å². The average molecular weight is 327 g/mol. The number of aryl methyl sites for hydroxylation is 1. The predicted octanol–water partition coefficient (Wildman–Crippen LogP) is 3.00. The highest BCUT2D eigenvalue weighted by Gasteiger charge is 2.14. The van der Waals surface area contributed by atoms with Crippen LogP contribution in [0.3, 0.4) is 0 Å². The van der Waals surface area contributed by atoms with Crippen molar-refractivity contribution in [3.8, 4) is 11.3 Å². The van der Waals surface area contributed by atoms with Crippen LogP contribution in [0.25, 0.3) is 11.3 Å². The summed E-state index contributed by atoms with van der Waals surface area (Å²) in [5, 5.41) is 10.2. The molecule has 128 valence electrons. The van der Waals surface area contributed by atoms with Crippen LogP contribution in [0, 0.1) is 0 Å². The minimum Gasteiger partial charge on any atom is -0.335 e. The Morgan fingerprint density at radius 2 is 2.04 bits per heavy atom. The minimum atomic E-state index is -0.0900. The number of hydrogen-bond acceptors (Lipinski definition) is 3. The Morgan fingerprint density at radius 3 is 2.75 bits per heavy atom. The second kappa shape index (κ2) is 7.95. The molecule has 0 bridgehead atoms. The molecule has 2 amide bonds. The summed E-state index contributed by atoms with van der Waals surface area (Å²) < 4.78 is 1.81. The van der Waals surface area contributed by atoms with Crippen molar-refractivity contribution < 1.29 is 4.79 Å². The Hall–Kier alpha value is -2.37. The molecule has 2 heterocycles. The van der Waals surface area contributed by atoms with Gasteiger partial charge in [0.15, 0.2) is 0 Å². The Morgan fingerprint density at radius 1 is 1.25 bits per heavy atom. The molecule has 2 aromatic heterocycles. The largest absolute Gasteiger partial charge is 0.335 e. The van der Waals surface area contributed by atoms with Crippen LogP contribution in [-0.2, 0) is 13.6 Å². The van der Waals surface area contributed by atoms with Crippen molar-refractivity contribution in [3.63, 3.8) is 0 Å². The lowest BCUT2D eigenvalue weighted by atomic mass is 10.1. The lowest BCUT2D eigenvalue weighted by molar-refractivity contribution is 0.235. The number of nitrogens with one attached hydrogen (secondary N) is 2. The number of nitrogens with zero attached hydrogens (tertiary/aromatic N) is 3. The molecule has 0 atom stereocenters. The number of carbonyl (C=O) groups excluding carboxylic acids is 1. The van der Waals surface area contributed by atoms with E-state index in [1.807, 2.05) is 30.1 Å². The maximum Gasteiger partial charge on any atom is 0.315 e. The van der Waals surface area contributed by atoms with E-state index in [0.29, 0.717) is 12.6 Å². The van der Waals surface area contributed by atoms with Crippen LogP contribution < -0.4 is 10.6 Å². The fourth-order valence-electron chi connectivity index (χ4n) is 3.22. The summed E-state index contributed by atoms with van der Waals surface area (Å²) >= 11 is 0. The highest BCUT2D eigenvalue weighted by atomic mass is 16.2. The third-order valence-electron chi connectivity index (χ3n) is 4.56. The van der Waals surface area contributed by atoms with E-state index < -0.39 is 0 Å². The van der Waals surface area contributed by atoms with Crippen molar-refractivity contribution in [2.45, 2.75) is 51.1 Å². The fraction of sp³-hybridized carbons (Fsp3) is 0.500. The SMILES string of the molecule is Cn1nccc1-c1cncc(CNC(=O)NC2CCCCCC2)c1. The lowest BCUT2D eigenvalue weighted by Gasteiger charge is -2.16. The van der Waals surface area contributed by atoms with Gasteiger partial charge in [-0.2, -0.15) is 5.10 Å². The zero-order valence-electron chi connectivity index (χ0n) is 14.2. The maximum atomic E-state index is 12.1. The molecule has 0 unspecified atom stereocenters. The van der Waals surface area contributed by atoms with E-state index in [1.165, 1.54) is 25.7 Å². The first kappa shape index (κ1) is 16.5. The Balaban J connectivity index is 1.54. The smallest absolute Gasteiger partial charge is 0.315 e. The maximum absolute atomic E-state index is 12.1. The molecule has 1 saturated carbocycles. The van der Waals surface area contributed by atoms with Crippen molar-refractivity contribution in [2.75, 3.05) is 0 Å². The quantitative estimate of drug-likeness (QED) is 0.848. The summed E-state index contributed by atoms with van der Waals surface area (Å²) in [5.41, 5.74) is 2.98. The van der Waals surface area contributed by atoms with Gasteiger partial charge in [-0.05, 0) is 30.5 Å². The van der Waals surface area contributed by atoms with Crippen molar-refractivity contribution >= 4 is 6.03 Å². The van der Waals surface area contributed by atoms with Crippen LogP contribution in [0.2, 0.25) is 0 Å². The molecule has 2 aromatic rings. The van der Waals surface area contributed by atoms with Gasteiger partial charge in [0.1, 0.15) is 0 Å². The van der Waals surface area contributed by atoms with Crippen molar-refractivity contribution in [2.24, 2.45) is 7.05 Å². The predicted molar refractivity (Wildman–Crippen MR) is 93.3 cm³/mol. The van der Waals surface area contributed by atoms with Gasteiger partial charge in [-0.25, -0.2) is 4.79 Å². The normalized spacial score (nSPS) is 15.7. The van der Waals surface area contributed by atoms with E-state index in [4.69, 9.17) is 0 Å². The highest BCUT2D eigenvalue weighted by molar-refractivity contribution is 5.74. The second-order valence-electron chi connectivity index (χ2n) is 6.44. The Bertz CT molecular complexity index is 674. The third kappa shape index (κ3) is 4.34. The number of hydrogen-bond donors (Lipinski definition) is 2. The van der Waals surface area contributed by atoms with Crippen LogP contribution in [0.5, 0.6) is 0 Å². The fourth-order valence-corrected chi connectivity index (χ4v) is 3.22. The molecule has 24 heavy (non-hydrogen) atoms. The van der Waals surface area contributed by atoms with Gasteiger partial charge in [0.25, 0.3) is 0 Å². The molecule has 6 nitrogen and oxygen atoms in total. The molecule has 1 aliphatic carbocycles. The van der Waals surface area contributed by atoms with E-state index in [1.54, 1.807) is 12.4 Å². The number of aromatic nitrogens is 3. The third-order valence-corrected chi connectivity index (χ3v) is 4.56. The number of amides is 2. The summed E-state index contributed by atoms with van der Waals surface area (Å²) in [6.45, 7) is 0.469. The van der Waals surface area contributed by atoms with E-state index in [2.05, 4.69) is 20.7 Å². The Labute approximate surface area is 142 Å². The van der Waals surface area contributed by atoms with E-state index >= 15 is 0 Å². The summed E-state index contributed by atoms with van der Waals surface area (Å²) in [6, 6.07) is 4.21. The summed E-state index contributed by atoms with van der Waals surface area (Å²) in [7, 11) is 1.90. The number of urea groups is 1. The van der Waals surface area contributed by atoms with Crippen LogP contribution in [0.15, 0.2) is 30.7 Å². The van der Waals surface area contributed by atoms with Crippen LogP contribution in [-0.4, -0.2) is 26.8 Å². The van der Waals surface area contributed by atoms with Crippen molar-refractivity contribution in [3.05, 3.63) is 36.3 Å². The van der Waals surface area contributed by atoms with Crippen molar-refractivity contribution in [1.29, 1.82) is 0 Å². The van der Waals surface area contributed by atoms with Gasteiger partial charge in [0, 0.05) is 43.8 Å². The van der Waals surface area contributed by atoms with Crippen LogP contribution in [0.4, 0.5) is 4.79 Å². The average Bonchev–Trinajstić information content (AvgIpc) is 2.85. The first-order chi connectivity index (χ1) is 11.7. The molecule has 0 aliphatic heterocycles. The van der Waals surface area contributed by atoms with Crippen molar-refractivity contribution in [1.82, 2.24) is 25.4 Å². The van der Waals surface area contributed by atoms with Gasteiger partial charge in [-0.3, -0.25) is 9.67 Å². The van der Waals surface area contributed by atoms with Gasteiger partial charge in [0.05, 0.1) is 5.69 Å². The second-order valence-corrected chi connectivity index (χ2v) is 6.44. The van der Waals surface area contributed by atoms with Crippen LogP contribution >= 0.6 is 0 Å². The number of rotatable bonds is 4. The molecule has 1 fully saturated rings. The van der Waals surface area contributed by atoms with Gasteiger partial charge < -0.3 is 10.6 Å². The molecular weight excluding hydrogens is 302 g/mol. The molecule has 0 saturated heterocycles. The molecular formula is C18H25N5O.